The molecule has 1 unspecified atom stereocenters. The van der Waals surface area contributed by atoms with Gasteiger partial charge in [0.15, 0.2) is 0 Å². The van der Waals surface area contributed by atoms with Crippen LogP contribution in [0.5, 0.6) is 0 Å². The highest BCUT2D eigenvalue weighted by atomic mass is 19.1. The molecule has 29 heavy (non-hydrogen) atoms. The highest BCUT2D eigenvalue weighted by Crippen LogP contribution is 2.41. The highest BCUT2D eigenvalue weighted by molar-refractivity contribution is 5.79. The van der Waals surface area contributed by atoms with Gasteiger partial charge in [-0.1, -0.05) is 42.5 Å². The van der Waals surface area contributed by atoms with Crippen molar-refractivity contribution >= 4 is 5.91 Å². The minimum absolute atomic E-state index is 0.0479. The lowest BCUT2D eigenvalue weighted by Crippen LogP contribution is -2.47. The molecule has 0 bridgehead atoms. The Hall–Kier alpha value is -2.46. The molecule has 0 aliphatic carbocycles. The number of carbonyl (C=O) groups is 1. The number of carbonyl (C=O) groups excluding carboxylic acids is 1. The molecule has 1 heterocycles. The van der Waals surface area contributed by atoms with Gasteiger partial charge >= 0.3 is 0 Å². The number of piperidine rings is 1. The van der Waals surface area contributed by atoms with Crippen LogP contribution in [0.25, 0.3) is 0 Å². The van der Waals surface area contributed by atoms with Gasteiger partial charge in [-0.15, -0.1) is 6.58 Å². The van der Waals surface area contributed by atoms with Gasteiger partial charge in [-0.25, -0.2) is 4.39 Å². The van der Waals surface area contributed by atoms with Gasteiger partial charge in [-0.05, 0) is 62.4 Å². The fourth-order valence-corrected chi connectivity index (χ4v) is 4.32. The molecule has 2 aromatic carbocycles. The molecule has 1 aliphatic rings. The van der Waals surface area contributed by atoms with Crippen LogP contribution in [0.3, 0.4) is 0 Å². The molecular weight excluding hydrogens is 365 g/mol. The molecule has 1 saturated heterocycles. The molecule has 0 spiro atoms. The predicted molar refractivity (Wildman–Crippen MR) is 114 cm³/mol. The number of allylic oxidation sites excluding steroid dienone is 1. The Morgan fingerprint density at radius 3 is 2.34 bits per heavy atom. The summed E-state index contributed by atoms with van der Waals surface area (Å²) in [7, 11) is 0. The first-order valence-corrected chi connectivity index (χ1v) is 10.2. The summed E-state index contributed by atoms with van der Waals surface area (Å²) in [5.41, 5.74) is 1.67. The van der Waals surface area contributed by atoms with Crippen LogP contribution >= 0.6 is 0 Å². The minimum Gasteiger partial charge on any atom is -0.386 e. The first-order chi connectivity index (χ1) is 13.7. The molecule has 0 radical (unpaired) electrons. The molecule has 3 rings (SSSR count). The Balaban J connectivity index is 1.80. The van der Waals surface area contributed by atoms with Gasteiger partial charge in [0.2, 0.25) is 5.91 Å². The van der Waals surface area contributed by atoms with Crippen LogP contribution in [0.4, 0.5) is 4.39 Å². The van der Waals surface area contributed by atoms with Crippen molar-refractivity contribution in [1.82, 2.24) is 4.90 Å². The van der Waals surface area contributed by atoms with Crippen molar-refractivity contribution < 1.29 is 14.3 Å². The van der Waals surface area contributed by atoms with Crippen molar-refractivity contribution in [2.75, 3.05) is 6.54 Å². The summed E-state index contributed by atoms with van der Waals surface area (Å²) in [6.45, 7) is 10.1. The average Bonchev–Trinajstić information content (AvgIpc) is 2.68. The summed E-state index contributed by atoms with van der Waals surface area (Å²) in [5.74, 6) is -0.170. The monoisotopic (exact) mass is 395 g/mol. The summed E-state index contributed by atoms with van der Waals surface area (Å²) < 4.78 is 13.4. The lowest BCUT2D eigenvalue weighted by atomic mass is 9.70. The summed E-state index contributed by atoms with van der Waals surface area (Å²) in [5, 5.41) is 10.1. The van der Waals surface area contributed by atoms with Gasteiger partial charge in [0.05, 0.1) is 11.6 Å². The number of hydrogen-bond acceptors (Lipinski definition) is 2. The Kier molecular flexibility index (Phi) is 5.95. The fourth-order valence-electron chi connectivity index (χ4n) is 4.32. The largest absolute Gasteiger partial charge is 0.386 e. The van der Waals surface area contributed by atoms with Crippen LogP contribution in [0.2, 0.25) is 0 Å². The van der Waals surface area contributed by atoms with E-state index in [9.17, 15) is 14.3 Å². The van der Waals surface area contributed by atoms with E-state index in [2.05, 4.69) is 6.58 Å². The Morgan fingerprint density at radius 2 is 1.83 bits per heavy atom. The number of nitrogens with zero attached hydrogens (tertiary/aromatic N) is 1. The molecule has 0 aromatic heterocycles. The van der Waals surface area contributed by atoms with Gasteiger partial charge in [0.1, 0.15) is 5.82 Å². The third-order valence-electron chi connectivity index (χ3n) is 6.20. The second kappa shape index (κ2) is 8.11. The van der Waals surface area contributed by atoms with Gasteiger partial charge < -0.3 is 10.0 Å². The molecule has 2 aromatic rings. The molecule has 0 saturated carbocycles. The third kappa shape index (κ3) is 4.43. The number of halogens is 1. The van der Waals surface area contributed by atoms with Gasteiger partial charge in [0.25, 0.3) is 0 Å². The number of hydrogen-bond donors (Lipinski definition) is 1. The van der Waals surface area contributed by atoms with E-state index in [1.165, 1.54) is 12.1 Å². The van der Waals surface area contributed by atoms with Crippen molar-refractivity contribution in [2.45, 2.75) is 57.1 Å². The van der Waals surface area contributed by atoms with Crippen LogP contribution in [0.1, 0.15) is 62.8 Å². The number of benzene rings is 2. The first kappa shape index (κ1) is 21.3. The predicted octanol–water partition coefficient (Wildman–Crippen LogP) is 5.25. The van der Waals surface area contributed by atoms with E-state index >= 15 is 0 Å². The van der Waals surface area contributed by atoms with E-state index in [4.69, 9.17) is 0 Å². The average molecular weight is 396 g/mol. The summed E-state index contributed by atoms with van der Waals surface area (Å²) in [4.78, 5) is 15.1. The molecular formula is C25H30FNO2. The summed E-state index contributed by atoms with van der Waals surface area (Å²) in [6, 6.07) is 14.3. The topological polar surface area (TPSA) is 40.5 Å². The molecule has 1 aliphatic heterocycles. The maximum Gasteiger partial charge on any atom is 0.223 e. The highest BCUT2D eigenvalue weighted by Gasteiger charge is 2.40. The van der Waals surface area contributed by atoms with E-state index in [1.807, 2.05) is 42.2 Å². The molecule has 154 valence electrons. The molecule has 4 heteroatoms. The molecule has 1 N–H and O–H groups in total. The second-order valence-corrected chi connectivity index (χ2v) is 8.65. The zero-order chi connectivity index (χ0) is 21.2. The Bertz CT molecular complexity index is 867. The van der Waals surface area contributed by atoms with E-state index in [1.54, 1.807) is 26.0 Å². The third-order valence-corrected chi connectivity index (χ3v) is 6.20. The van der Waals surface area contributed by atoms with Crippen molar-refractivity contribution in [2.24, 2.45) is 0 Å². The molecule has 1 fully saturated rings. The lowest BCUT2D eigenvalue weighted by Gasteiger charge is -2.43. The van der Waals surface area contributed by atoms with E-state index in [-0.39, 0.29) is 23.2 Å². The Morgan fingerprint density at radius 1 is 1.21 bits per heavy atom. The SMILES string of the molecule is C=CCC1(c2ccc(F)cc2)CCN([C@@H](C)c2ccc(C(C)(C)O)cc2)C(=O)C1. The van der Waals surface area contributed by atoms with E-state index in [0.29, 0.717) is 19.4 Å². The van der Waals surface area contributed by atoms with Gasteiger partial charge in [-0.3, -0.25) is 4.79 Å². The van der Waals surface area contributed by atoms with E-state index in [0.717, 1.165) is 23.1 Å². The zero-order valence-electron chi connectivity index (χ0n) is 17.5. The van der Waals surface area contributed by atoms with Crippen molar-refractivity contribution in [3.63, 3.8) is 0 Å². The van der Waals surface area contributed by atoms with Crippen molar-refractivity contribution in [3.8, 4) is 0 Å². The van der Waals surface area contributed by atoms with Crippen molar-refractivity contribution in [3.05, 3.63) is 83.7 Å². The molecule has 1 amide bonds. The van der Waals surface area contributed by atoms with E-state index < -0.39 is 5.60 Å². The summed E-state index contributed by atoms with van der Waals surface area (Å²) in [6.07, 6.45) is 3.73. The number of rotatable bonds is 6. The number of amides is 1. The standard InChI is InChI=1S/C25H30FNO2/c1-5-14-25(21-10-12-22(26)13-11-21)15-16-27(23(28)17-25)18(2)19-6-8-20(9-7-19)24(3,4)29/h5-13,18,29H,1,14-17H2,2-4H3/t18-,25?/m0/s1. The quantitative estimate of drug-likeness (QED) is 0.679. The normalized spacial score (nSPS) is 21.1. The second-order valence-electron chi connectivity index (χ2n) is 8.65. The van der Waals surface area contributed by atoms with Crippen LogP contribution in [-0.2, 0) is 15.8 Å². The number of likely N-dealkylation sites (tertiary alicyclic amines) is 1. The first-order valence-electron chi connectivity index (χ1n) is 10.2. The van der Waals surface area contributed by atoms with Gasteiger partial charge in [-0.2, -0.15) is 0 Å². The summed E-state index contributed by atoms with van der Waals surface area (Å²) >= 11 is 0. The maximum absolute atomic E-state index is 13.4. The lowest BCUT2D eigenvalue weighted by molar-refractivity contribution is -0.138. The van der Waals surface area contributed by atoms with Crippen LogP contribution < -0.4 is 0 Å². The molecule has 2 atom stereocenters. The van der Waals surface area contributed by atoms with Gasteiger partial charge in [0, 0.05) is 18.4 Å². The minimum atomic E-state index is -0.887. The van der Waals surface area contributed by atoms with Crippen LogP contribution in [0.15, 0.2) is 61.2 Å². The maximum atomic E-state index is 13.4. The fraction of sp³-hybridized carbons (Fsp3) is 0.400. The Labute approximate surface area is 172 Å². The number of aliphatic hydroxyl groups is 1. The zero-order valence-corrected chi connectivity index (χ0v) is 17.5. The smallest absolute Gasteiger partial charge is 0.223 e. The van der Waals surface area contributed by atoms with Crippen LogP contribution in [-0.4, -0.2) is 22.5 Å². The van der Waals surface area contributed by atoms with Crippen LogP contribution in [0, 0.1) is 5.82 Å². The molecule has 3 nitrogen and oxygen atoms in total. The van der Waals surface area contributed by atoms with Crippen molar-refractivity contribution in [1.29, 1.82) is 0 Å².